The maximum absolute atomic E-state index is 12.3. The molecular formula is C20H40N2O7. The number of rotatable bonds is 13. The van der Waals surface area contributed by atoms with E-state index in [1.165, 1.54) is 6.92 Å². The van der Waals surface area contributed by atoms with E-state index in [2.05, 4.69) is 5.32 Å². The van der Waals surface area contributed by atoms with E-state index < -0.39 is 42.0 Å². The molecule has 0 aliphatic carbocycles. The molecule has 0 aromatic carbocycles. The van der Waals surface area contributed by atoms with Crippen LogP contribution in [0.25, 0.3) is 0 Å². The number of carbonyl (C=O) groups excluding carboxylic acids is 2. The first-order valence-corrected chi connectivity index (χ1v) is 10.2. The highest BCUT2D eigenvalue weighted by atomic mass is 16.6. The Kier molecular flexibility index (Phi) is 13.1. The lowest BCUT2D eigenvalue weighted by Crippen LogP contribution is -2.44. The Morgan fingerprint density at radius 3 is 1.97 bits per heavy atom. The molecule has 4 unspecified atom stereocenters. The lowest BCUT2D eigenvalue weighted by molar-refractivity contribution is -0.149. The van der Waals surface area contributed by atoms with E-state index in [-0.39, 0.29) is 6.61 Å². The zero-order chi connectivity index (χ0) is 22.6. The van der Waals surface area contributed by atoms with E-state index in [4.69, 9.17) is 9.47 Å². The summed E-state index contributed by atoms with van der Waals surface area (Å²) in [5, 5.41) is 31.0. The van der Waals surface area contributed by atoms with Gasteiger partial charge in [0.05, 0.1) is 18.3 Å². The van der Waals surface area contributed by atoms with Crippen molar-refractivity contribution in [3.63, 3.8) is 0 Å². The van der Waals surface area contributed by atoms with Crippen LogP contribution in [0, 0.1) is 0 Å². The van der Waals surface area contributed by atoms with E-state index in [0.29, 0.717) is 38.9 Å². The predicted octanol–water partition coefficient (Wildman–Crippen LogP) is 1.04. The highest BCUT2D eigenvalue weighted by Crippen LogP contribution is 2.10. The number of alkyl carbamates (subject to hydrolysis) is 1. The highest BCUT2D eigenvalue weighted by molar-refractivity contribution is 5.81. The number of nitrogens with one attached hydrogen (secondary N) is 1. The summed E-state index contributed by atoms with van der Waals surface area (Å²) in [7, 11) is 0. The van der Waals surface area contributed by atoms with E-state index >= 15 is 0 Å². The van der Waals surface area contributed by atoms with Crippen molar-refractivity contribution >= 4 is 12.1 Å². The van der Waals surface area contributed by atoms with Crippen LogP contribution >= 0.6 is 0 Å². The fourth-order valence-electron chi connectivity index (χ4n) is 2.69. The van der Waals surface area contributed by atoms with Gasteiger partial charge in [0, 0.05) is 13.1 Å². The number of aliphatic hydroxyl groups is 3. The molecule has 0 radical (unpaired) electrons. The molecule has 0 aromatic rings. The van der Waals surface area contributed by atoms with Crippen LogP contribution in [0.5, 0.6) is 0 Å². The third kappa shape index (κ3) is 16.1. The summed E-state index contributed by atoms with van der Waals surface area (Å²) < 4.78 is 10.2. The summed E-state index contributed by atoms with van der Waals surface area (Å²) in [6.07, 6.45) is -0.862. The quantitative estimate of drug-likeness (QED) is 0.257. The second-order valence-corrected chi connectivity index (χ2v) is 8.63. The molecule has 172 valence electrons. The molecule has 4 atom stereocenters. The van der Waals surface area contributed by atoms with Crippen molar-refractivity contribution in [3.8, 4) is 0 Å². The Morgan fingerprint density at radius 2 is 1.52 bits per heavy atom. The topological polar surface area (TPSA) is 129 Å². The first-order valence-electron chi connectivity index (χ1n) is 10.2. The number of hydrogen-bond donors (Lipinski definition) is 4. The van der Waals surface area contributed by atoms with Crippen LogP contribution in [-0.2, 0) is 14.3 Å². The molecule has 0 heterocycles. The Balaban J connectivity index is 4.72. The molecule has 9 heteroatoms. The smallest absolute Gasteiger partial charge is 0.408 e. The summed E-state index contributed by atoms with van der Waals surface area (Å²) in [6, 6.07) is -0.884. The molecule has 4 N–H and O–H groups in total. The number of ether oxygens (including phenoxy) is 2. The molecule has 29 heavy (non-hydrogen) atoms. The minimum atomic E-state index is -0.884. The van der Waals surface area contributed by atoms with Crippen molar-refractivity contribution in [2.24, 2.45) is 0 Å². The summed E-state index contributed by atoms with van der Waals surface area (Å²) in [5.41, 5.74) is -0.694. The van der Waals surface area contributed by atoms with Crippen molar-refractivity contribution < 1.29 is 34.4 Å². The maximum atomic E-state index is 12.3. The molecular weight excluding hydrogens is 380 g/mol. The van der Waals surface area contributed by atoms with E-state index in [1.54, 1.807) is 34.6 Å². The van der Waals surface area contributed by atoms with Gasteiger partial charge in [-0.3, -0.25) is 4.90 Å². The molecule has 0 spiro atoms. The maximum Gasteiger partial charge on any atom is 0.408 e. The first kappa shape index (κ1) is 27.6. The predicted molar refractivity (Wildman–Crippen MR) is 109 cm³/mol. The number of carbonyl (C=O) groups is 2. The Bertz CT molecular complexity index is 466. The van der Waals surface area contributed by atoms with Gasteiger partial charge >= 0.3 is 12.1 Å². The molecule has 9 nitrogen and oxygen atoms in total. The van der Waals surface area contributed by atoms with Crippen molar-refractivity contribution in [2.45, 2.75) is 90.8 Å². The van der Waals surface area contributed by atoms with Crippen LogP contribution in [0.3, 0.4) is 0 Å². The molecule has 0 fully saturated rings. The summed E-state index contributed by atoms with van der Waals surface area (Å²) >= 11 is 0. The first-order chi connectivity index (χ1) is 13.3. The second kappa shape index (κ2) is 13.7. The van der Waals surface area contributed by atoms with Gasteiger partial charge in [-0.05, 0) is 67.3 Å². The van der Waals surface area contributed by atoms with Crippen LogP contribution < -0.4 is 5.32 Å². The molecule has 0 bridgehead atoms. The zero-order valence-electron chi connectivity index (χ0n) is 18.7. The molecule has 0 aromatic heterocycles. The van der Waals surface area contributed by atoms with Gasteiger partial charge in [-0.1, -0.05) is 0 Å². The lowest BCUT2D eigenvalue weighted by Gasteiger charge is -2.25. The van der Waals surface area contributed by atoms with Crippen molar-refractivity contribution in [3.05, 3.63) is 0 Å². The Morgan fingerprint density at radius 1 is 0.966 bits per heavy atom. The van der Waals surface area contributed by atoms with Gasteiger partial charge in [-0.15, -0.1) is 0 Å². The number of amides is 1. The van der Waals surface area contributed by atoms with Gasteiger partial charge in [-0.2, -0.15) is 0 Å². The fraction of sp³-hybridized carbons (Fsp3) is 0.900. The minimum absolute atomic E-state index is 0.151. The average Bonchev–Trinajstić information content (AvgIpc) is 2.52. The van der Waals surface area contributed by atoms with Gasteiger partial charge in [-0.25, -0.2) is 9.59 Å². The van der Waals surface area contributed by atoms with Gasteiger partial charge in [0.2, 0.25) is 0 Å². The van der Waals surface area contributed by atoms with Crippen LogP contribution in [-0.4, -0.2) is 88.5 Å². The lowest BCUT2D eigenvalue weighted by atomic mass is 10.1. The van der Waals surface area contributed by atoms with Crippen molar-refractivity contribution in [2.75, 3.05) is 26.2 Å². The largest absolute Gasteiger partial charge is 0.461 e. The molecule has 1 amide bonds. The SMILES string of the molecule is CC(O)COC(=O)C(CCCCN(CC(C)O)CC(C)O)NC(=O)OC(C)(C)C. The fourth-order valence-corrected chi connectivity index (χ4v) is 2.69. The third-order valence-corrected chi connectivity index (χ3v) is 3.70. The number of nitrogens with zero attached hydrogens (tertiary/aromatic N) is 1. The second-order valence-electron chi connectivity index (χ2n) is 8.63. The zero-order valence-corrected chi connectivity index (χ0v) is 18.7. The van der Waals surface area contributed by atoms with Crippen LogP contribution in [0.15, 0.2) is 0 Å². The van der Waals surface area contributed by atoms with Crippen molar-refractivity contribution in [1.82, 2.24) is 10.2 Å². The van der Waals surface area contributed by atoms with E-state index in [1.807, 2.05) is 4.90 Å². The van der Waals surface area contributed by atoms with Crippen LogP contribution in [0.2, 0.25) is 0 Å². The van der Waals surface area contributed by atoms with Gasteiger partial charge in [0.15, 0.2) is 0 Å². The van der Waals surface area contributed by atoms with E-state index in [9.17, 15) is 24.9 Å². The standard InChI is InChI=1S/C20H40N2O7/c1-14(23)11-22(12-15(2)24)10-8-7-9-17(18(26)28-13-16(3)25)21-19(27)29-20(4,5)6/h14-17,23-25H,7-13H2,1-6H3,(H,21,27). The van der Waals surface area contributed by atoms with Gasteiger partial charge in [0.1, 0.15) is 18.2 Å². The van der Waals surface area contributed by atoms with Crippen molar-refractivity contribution in [1.29, 1.82) is 0 Å². The summed E-state index contributed by atoms with van der Waals surface area (Å²) in [5.74, 6) is -0.624. The third-order valence-electron chi connectivity index (χ3n) is 3.70. The summed E-state index contributed by atoms with van der Waals surface area (Å²) in [6.45, 7) is 11.4. The monoisotopic (exact) mass is 420 g/mol. The molecule has 0 aliphatic heterocycles. The number of hydrogen-bond acceptors (Lipinski definition) is 8. The number of esters is 1. The average molecular weight is 421 g/mol. The normalized spacial score (nSPS) is 16.1. The highest BCUT2D eigenvalue weighted by Gasteiger charge is 2.25. The molecule has 0 aliphatic rings. The molecule has 0 saturated heterocycles. The molecule has 0 saturated carbocycles. The Labute approximate surface area is 174 Å². The number of unbranched alkanes of at least 4 members (excludes halogenated alkanes) is 1. The van der Waals surface area contributed by atoms with Crippen LogP contribution in [0.4, 0.5) is 4.79 Å². The van der Waals surface area contributed by atoms with E-state index in [0.717, 1.165) is 0 Å². The molecule has 0 rings (SSSR count). The number of aliphatic hydroxyl groups excluding tert-OH is 3. The minimum Gasteiger partial charge on any atom is -0.461 e. The van der Waals surface area contributed by atoms with Gasteiger partial charge in [0.25, 0.3) is 0 Å². The van der Waals surface area contributed by atoms with Gasteiger partial charge < -0.3 is 30.1 Å². The Hall–Kier alpha value is -1.42. The summed E-state index contributed by atoms with van der Waals surface area (Å²) in [4.78, 5) is 26.3. The van der Waals surface area contributed by atoms with Crippen LogP contribution in [0.1, 0.15) is 60.8 Å².